The monoisotopic (exact) mass is 307 g/mol. The number of anilines is 1. The number of hydrogen-bond acceptors (Lipinski definition) is 4. The Hall–Kier alpha value is -1.23. The van der Waals surface area contributed by atoms with Crippen LogP contribution in [0.25, 0.3) is 0 Å². The summed E-state index contributed by atoms with van der Waals surface area (Å²) in [7, 11) is 0. The molecule has 0 aromatic carbocycles. The first kappa shape index (κ1) is 15.7. The summed E-state index contributed by atoms with van der Waals surface area (Å²) in [5, 5.41) is 10.8. The van der Waals surface area contributed by atoms with Gasteiger partial charge in [0.1, 0.15) is 6.33 Å². The van der Waals surface area contributed by atoms with E-state index in [2.05, 4.69) is 14.9 Å². The zero-order valence-electron chi connectivity index (χ0n) is 13.6. The average Bonchev–Trinajstić information content (AvgIpc) is 2.96. The molecule has 3 atom stereocenters. The molecule has 2 aliphatic rings. The van der Waals surface area contributed by atoms with Crippen LogP contribution in [0.15, 0.2) is 6.33 Å². The highest BCUT2D eigenvalue weighted by molar-refractivity contribution is 5.44. The molecule has 5 heteroatoms. The molecule has 3 rings (SSSR count). The van der Waals surface area contributed by atoms with Crippen LogP contribution in [-0.2, 0) is 6.42 Å². The summed E-state index contributed by atoms with van der Waals surface area (Å²) in [6.45, 7) is 4.66. The Morgan fingerprint density at radius 2 is 2.14 bits per heavy atom. The summed E-state index contributed by atoms with van der Waals surface area (Å²) in [6.07, 6.45) is 8.16. The number of hydrogen-bond donors (Lipinski definition) is 1. The fraction of sp³-hybridized carbons (Fsp3) is 0.765. The SMILES string of the molecule is CCc1ncnc(N2CCC[C@@H]2[C@H]2CCCC[C@@]2(C)O)c1F. The molecule has 0 spiro atoms. The fourth-order valence-electron chi connectivity index (χ4n) is 4.27. The second kappa shape index (κ2) is 6.11. The van der Waals surface area contributed by atoms with Crippen LogP contribution in [-0.4, -0.2) is 33.3 Å². The lowest BCUT2D eigenvalue weighted by Gasteiger charge is -2.43. The van der Waals surface area contributed by atoms with Crippen LogP contribution in [0.1, 0.15) is 58.1 Å². The second-order valence-electron chi connectivity index (χ2n) is 6.92. The zero-order valence-corrected chi connectivity index (χ0v) is 13.6. The molecule has 0 radical (unpaired) electrons. The van der Waals surface area contributed by atoms with Gasteiger partial charge in [0.25, 0.3) is 0 Å². The van der Waals surface area contributed by atoms with Gasteiger partial charge in [0.2, 0.25) is 0 Å². The first-order valence-electron chi connectivity index (χ1n) is 8.53. The Morgan fingerprint density at radius 3 is 2.86 bits per heavy atom. The van der Waals surface area contributed by atoms with Crippen LogP contribution < -0.4 is 4.90 Å². The van der Waals surface area contributed by atoms with E-state index in [1.807, 2.05) is 13.8 Å². The summed E-state index contributed by atoms with van der Waals surface area (Å²) in [6, 6.07) is 0.185. The van der Waals surface area contributed by atoms with Crippen molar-refractivity contribution in [1.29, 1.82) is 0 Å². The number of rotatable bonds is 3. The molecule has 2 fully saturated rings. The molecule has 1 saturated carbocycles. The molecule has 1 N–H and O–H groups in total. The lowest BCUT2D eigenvalue weighted by atomic mass is 9.72. The highest BCUT2D eigenvalue weighted by Crippen LogP contribution is 2.42. The summed E-state index contributed by atoms with van der Waals surface area (Å²) in [5.41, 5.74) is -0.172. The van der Waals surface area contributed by atoms with Gasteiger partial charge >= 0.3 is 0 Å². The molecule has 4 nitrogen and oxygen atoms in total. The van der Waals surface area contributed by atoms with E-state index in [1.165, 1.54) is 6.33 Å². The Labute approximate surface area is 131 Å². The third-order valence-electron chi connectivity index (χ3n) is 5.46. The molecule has 22 heavy (non-hydrogen) atoms. The predicted octanol–water partition coefficient (Wildman–Crippen LogP) is 3.09. The highest BCUT2D eigenvalue weighted by atomic mass is 19.1. The summed E-state index contributed by atoms with van der Waals surface area (Å²) in [4.78, 5) is 10.3. The Morgan fingerprint density at radius 1 is 1.32 bits per heavy atom. The van der Waals surface area contributed by atoms with Crippen molar-refractivity contribution in [1.82, 2.24) is 9.97 Å². The molecule has 2 heterocycles. The normalized spacial score (nSPS) is 32.5. The maximum atomic E-state index is 14.6. The van der Waals surface area contributed by atoms with E-state index < -0.39 is 5.60 Å². The van der Waals surface area contributed by atoms with E-state index >= 15 is 0 Å². The third kappa shape index (κ3) is 2.71. The van der Waals surface area contributed by atoms with Crippen molar-refractivity contribution in [3.63, 3.8) is 0 Å². The molecule has 1 saturated heterocycles. The molecule has 1 aromatic rings. The molecule has 0 bridgehead atoms. The van der Waals surface area contributed by atoms with Crippen LogP contribution >= 0.6 is 0 Å². The highest BCUT2D eigenvalue weighted by Gasteiger charge is 2.44. The van der Waals surface area contributed by atoms with Crippen LogP contribution in [0.3, 0.4) is 0 Å². The first-order chi connectivity index (χ1) is 10.5. The van der Waals surface area contributed by atoms with Gasteiger partial charge in [0.15, 0.2) is 11.6 Å². The molecular formula is C17H26FN3O. The van der Waals surface area contributed by atoms with Gasteiger partial charge in [-0.15, -0.1) is 0 Å². The van der Waals surface area contributed by atoms with Crippen molar-refractivity contribution < 1.29 is 9.50 Å². The largest absolute Gasteiger partial charge is 0.390 e. The third-order valence-corrected chi connectivity index (χ3v) is 5.46. The maximum absolute atomic E-state index is 14.6. The second-order valence-corrected chi connectivity index (χ2v) is 6.92. The number of nitrogens with zero attached hydrogens (tertiary/aromatic N) is 3. The quantitative estimate of drug-likeness (QED) is 0.932. The van der Waals surface area contributed by atoms with E-state index in [4.69, 9.17) is 0 Å². The van der Waals surface area contributed by atoms with Crippen LogP contribution in [0, 0.1) is 11.7 Å². The summed E-state index contributed by atoms with van der Waals surface area (Å²) < 4.78 is 14.6. The van der Waals surface area contributed by atoms with E-state index in [0.29, 0.717) is 17.9 Å². The number of aromatic nitrogens is 2. The van der Waals surface area contributed by atoms with Crippen molar-refractivity contribution >= 4 is 5.82 Å². The Bertz CT molecular complexity index is 535. The van der Waals surface area contributed by atoms with Gasteiger partial charge in [-0.3, -0.25) is 0 Å². The van der Waals surface area contributed by atoms with Gasteiger partial charge in [-0.2, -0.15) is 0 Å². The molecule has 0 unspecified atom stereocenters. The lowest BCUT2D eigenvalue weighted by molar-refractivity contribution is -0.0411. The van der Waals surface area contributed by atoms with E-state index in [9.17, 15) is 9.50 Å². The van der Waals surface area contributed by atoms with Crippen molar-refractivity contribution in [2.45, 2.75) is 70.4 Å². The zero-order chi connectivity index (χ0) is 15.7. The number of aryl methyl sites for hydroxylation is 1. The minimum absolute atomic E-state index is 0.185. The van der Waals surface area contributed by atoms with Crippen LogP contribution in [0.2, 0.25) is 0 Å². The molecule has 1 aliphatic carbocycles. The van der Waals surface area contributed by atoms with Gasteiger partial charge in [0, 0.05) is 18.5 Å². The van der Waals surface area contributed by atoms with Crippen LogP contribution in [0.5, 0.6) is 0 Å². The van der Waals surface area contributed by atoms with Gasteiger partial charge in [0.05, 0.1) is 11.3 Å². The van der Waals surface area contributed by atoms with Crippen molar-refractivity contribution in [2.24, 2.45) is 5.92 Å². The first-order valence-corrected chi connectivity index (χ1v) is 8.53. The van der Waals surface area contributed by atoms with Gasteiger partial charge in [-0.25, -0.2) is 14.4 Å². The minimum atomic E-state index is -0.650. The topological polar surface area (TPSA) is 49.2 Å². The minimum Gasteiger partial charge on any atom is -0.390 e. The van der Waals surface area contributed by atoms with E-state index in [-0.39, 0.29) is 17.8 Å². The number of halogens is 1. The maximum Gasteiger partial charge on any atom is 0.187 e. The van der Waals surface area contributed by atoms with E-state index in [1.54, 1.807) is 0 Å². The van der Waals surface area contributed by atoms with Gasteiger partial charge in [-0.05, 0) is 39.0 Å². The van der Waals surface area contributed by atoms with Gasteiger partial charge in [-0.1, -0.05) is 19.8 Å². The molecule has 0 amide bonds. The van der Waals surface area contributed by atoms with Crippen molar-refractivity contribution in [2.75, 3.05) is 11.4 Å². The molecule has 1 aliphatic heterocycles. The predicted molar refractivity (Wildman–Crippen MR) is 84.3 cm³/mol. The Balaban J connectivity index is 1.90. The average molecular weight is 307 g/mol. The smallest absolute Gasteiger partial charge is 0.187 e. The summed E-state index contributed by atoms with van der Waals surface area (Å²) >= 11 is 0. The standard InChI is InChI=1S/C17H26FN3O/c1-3-13-15(18)16(20-11-19-13)21-10-6-8-14(21)12-7-4-5-9-17(12,2)22/h11-12,14,22H,3-10H2,1-2H3/t12-,14-,17-/m1/s1. The fourth-order valence-corrected chi connectivity index (χ4v) is 4.27. The van der Waals surface area contributed by atoms with Gasteiger partial charge < -0.3 is 10.0 Å². The Kier molecular flexibility index (Phi) is 4.35. The van der Waals surface area contributed by atoms with Crippen LogP contribution in [0.4, 0.5) is 10.2 Å². The lowest BCUT2D eigenvalue weighted by Crippen LogP contribution is -2.49. The summed E-state index contributed by atoms with van der Waals surface area (Å²) in [5.74, 6) is 0.339. The molecular weight excluding hydrogens is 281 g/mol. The van der Waals surface area contributed by atoms with Crippen molar-refractivity contribution in [3.8, 4) is 0 Å². The molecule has 122 valence electrons. The van der Waals surface area contributed by atoms with E-state index in [0.717, 1.165) is 45.1 Å². The molecule has 1 aromatic heterocycles. The number of aliphatic hydroxyl groups is 1. The van der Waals surface area contributed by atoms with Crippen molar-refractivity contribution in [3.05, 3.63) is 17.8 Å².